The Kier molecular flexibility index (Phi) is 5.77. The van der Waals surface area contributed by atoms with Crippen molar-refractivity contribution in [2.75, 3.05) is 19.6 Å². The Balaban J connectivity index is 1.25. The Labute approximate surface area is 183 Å². The van der Waals surface area contributed by atoms with Gasteiger partial charge in [0.1, 0.15) is 4.21 Å². The summed E-state index contributed by atoms with van der Waals surface area (Å²) in [6.45, 7) is 2.59. The molecule has 2 aromatic rings. The van der Waals surface area contributed by atoms with Gasteiger partial charge in [0.2, 0.25) is 10.0 Å². The maximum atomic E-state index is 12.5. The van der Waals surface area contributed by atoms with E-state index in [1.807, 2.05) is 0 Å². The maximum Gasteiger partial charge on any atom is 0.250 e. The molecule has 2 bridgehead atoms. The van der Waals surface area contributed by atoms with Gasteiger partial charge in [-0.15, -0.1) is 11.3 Å². The van der Waals surface area contributed by atoms with Crippen molar-refractivity contribution in [2.24, 2.45) is 13.0 Å². The van der Waals surface area contributed by atoms with E-state index < -0.39 is 10.0 Å². The first kappa shape index (κ1) is 20.7. The second-order valence-corrected chi connectivity index (χ2v) is 12.2. The number of aromatic nitrogens is 2. The van der Waals surface area contributed by atoms with Gasteiger partial charge in [0.25, 0.3) is 0 Å². The molecule has 4 atom stereocenters. The molecular weight excluding hydrogens is 416 g/mol. The van der Waals surface area contributed by atoms with Crippen molar-refractivity contribution in [2.45, 2.75) is 67.0 Å². The largest absolute Gasteiger partial charge is 0.298 e. The van der Waals surface area contributed by atoms with Crippen molar-refractivity contribution in [3.8, 4) is 0 Å². The van der Waals surface area contributed by atoms with Gasteiger partial charge >= 0.3 is 0 Å². The molecule has 1 N–H and O–H groups in total. The van der Waals surface area contributed by atoms with Gasteiger partial charge in [-0.1, -0.05) is 25.3 Å². The van der Waals surface area contributed by atoms with Crippen LogP contribution in [0, 0.1) is 5.92 Å². The van der Waals surface area contributed by atoms with Gasteiger partial charge in [0.15, 0.2) is 0 Å². The first-order valence-corrected chi connectivity index (χ1v) is 13.7. The summed E-state index contributed by atoms with van der Waals surface area (Å²) in [5.74, 6) is 1.76. The number of aryl methyl sites for hydroxylation is 1. The first-order valence-electron chi connectivity index (χ1n) is 11.3. The smallest absolute Gasteiger partial charge is 0.250 e. The summed E-state index contributed by atoms with van der Waals surface area (Å²) < 4.78 is 30.4. The van der Waals surface area contributed by atoms with Crippen molar-refractivity contribution in [1.29, 1.82) is 0 Å². The molecule has 6 nitrogen and oxygen atoms in total. The zero-order valence-corrected chi connectivity index (χ0v) is 19.3. The first-order chi connectivity index (χ1) is 14.5. The third-order valence-corrected chi connectivity index (χ3v) is 10.3. The molecule has 3 saturated heterocycles. The molecule has 8 heteroatoms. The zero-order chi connectivity index (χ0) is 20.7. The fourth-order valence-electron chi connectivity index (χ4n) is 5.83. The second-order valence-electron chi connectivity index (χ2n) is 9.28. The van der Waals surface area contributed by atoms with Crippen LogP contribution < -0.4 is 4.72 Å². The van der Waals surface area contributed by atoms with Gasteiger partial charge in [-0.2, -0.15) is 5.10 Å². The third kappa shape index (κ3) is 3.99. The number of thiophene rings is 1. The summed E-state index contributed by atoms with van der Waals surface area (Å²) in [4.78, 5) is 2.49. The number of nitrogens with zero attached hydrogens (tertiary/aromatic N) is 3. The minimum absolute atomic E-state index is 0.292. The van der Waals surface area contributed by atoms with Crippen LogP contribution in [0.2, 0.25) is 0 Å². The fraction of sp³-hybridized carbons (Fsp3) is 0.682. The summed E-state index contributed by atoms with van der Waals surface area (Å²) in [5.41, 5.74) is 2.67. The molecule has 0 amide bonds. The van der Waals surface area contributed by atoms with Gasteiger partial charge in [0.05, 0.1) is 5.69 Å². The number of fused-ring (bicyclic) bond motifs is 3. The number of sulfonamides is 1. The zero-order valence-electron chi connectivity index (χ0n) is 17.7. The molecule has 1 unspecified atom stereocenters. The summed E-state index contributed by atoms with van der Waals surface area (Å²) in [5, 5.41) is 6.72. The minimum Gasteiger partial charge on any atom is -0.298 e. The van der Waals surface area contributed by atoms with E-state index in [0.29, 0.717) is 34.5 Å². The molecule has 5 heterocycles. The Morgan fingerprint density at radius 1 is 1.23 bits per heavy atom. The highest BCUT2D eigenvalue weighted by Crippen LogP contribution is 2.43. The number of piperidine rings is 3. The molecule has 4 fully saturated rings. The van der Waals surface area contributed by atoms with Gasteiger partial charge in [-0.25, -0.2) is 13.1 Å². The van der Waals surface area contributed by atoms with E-state index in [1.54, 1.807) is 17.5 Å². The lowest BCUT2D eigenvalue weighted by atomic mass is 9.74. The fourth-order valence-corrected chi connectivity index (χ4v) is 7.94. The third-order valence-electron chi connectivity index (χ3n) is 7.49. The highest BCUT2D eigenvalue weighted by Gasteiger charge is 2.42. The van der Waals surface area contributed by atoms with Crippen molar-refractivity contribution >= 4 is 21.4 Å². The molecule has 164 valence electrons. The number of rotatable bonds is 6. The molecule has 0 aromatic carbocycles. The summed E-state index contributed by atoms with van der Waals surface area (Å²) in [6.07, 6.45) is 8.85. The molecular formula is C22H32N4O2S2. The molecule has 1 aliphatic carbocycles. The lowest BCUT2D eigenvalue weighted by molar-refractivity contribution is 0.0306. The van der Waals surface area contributed by atoms with Crippen LogP contribution in [0.1, 0.15) is 68.2 Å². The van der Waals surface area contributed by atoms with Gasteiger partial charge in [-0.05, 0) is 55.7 Å². The monoisotopic (exact) mass is 448 g/mol. The lowest BCUT2D eigenvalue weighted by Gasteiger charge is -2.49. The summed E-state index contributed by atoms with van der Waals surface area (Å²) in [7, 11) is -1.28. The van der Waals surface area contributed by atoms with Crippen LogP contribution >= 0.6 is 11.3 Å². The highest BCUT2D eigenvalue weighted by molar-refractivity contribution is 7.91. The molecule has 0 spiro atoms. The van der Waals surface area contributed by atoms with Crippen molar-refractivity contribution < 1.29 is 8.42 Å². The Morgan fingerprint density at radius 2 is 2.07 bits per heavy atom. The Bertz CT molecular complexity index is 963. The second kappa shape index (κ2) is 8.37. The molecule has 1 saturated carbocycles. The van der Waals surface area contributed by atoms with Crippen LogP contribution in [0.15, 0.2) is 27.8 Å². The maximum absolute atomic E-state index is 12.5. The number of hydrogen-bond acceptors (Lipinski definition) is 5. The quantitative estimate of drug-likeness (QED) is 0.732. The lowest BCUT2D eigenvalue weighted by Crippen LogP contribution is -2.56. The molecule has 2 aromatic heterocycles. The van der Waals surface area contributed by atoms with E-state index in [1.165, 1.54) is 61.2 Å². The Hall–Kier alpha value is -1.22. The number of nitrogens with one attached hydrogen (secondary N) is 1. The van der Waals surface area contributed by atoms with E-state index in [4.69, 9.17) is 5.10 Å². The van der Waals surface area contributed by atoms with Gasteiger partial charge in [0, 0.05) is 43.7 Å². The van der Waals surface area contributed by atoms with Crippen LogP contribution in [-0.2, 0) is 17.1 Å². The van der Waals surface area contributed by atoms with E-state index in [0.717, 1.165) is 19.5 Å². The minimum atomic E-state index is -3.39. The molecule has 30 heavy (non-hydrogen) atoms. The average molecular weight is 449 g/mol. The van der Waals surface area contributed by atoms with Crippen LogP contribution in [0.3, 0.4) is 0 Å². The van der Waals surface area contributed by atoms with Crippen LogP contribution in [0.5, 0.6) is 0 Å². The van der Waals surface area contributed by atoms with E-state index in [2.05, 4.69) is 27.4 Å². The van der Waals surface area contributed by atoms with E-state index in [-0.39, 0.29) is 0 Å². The Morgan fingerprint density at radius 3 is 2.77 bits per heavy atom. The van der Waals surface area contributed by atoms with Crippen LogP contribution in [0.4, 0.5) is 0 Å². The van der Waals surface area contributed by atoms with Crippen molar-refractivity contribution in [1.82, 2.24) is 19.4 Å². The average Bonchev–Trinajstić information content (AvgIpc) is 3.44. The molecule has 0 radical (unpaired) electrons. The van der Waals surface area contributed by atoms with Crippen molar-refractivity contribution in [3.05, 3.63) is 35.0 Å². The SMILES string of the molecule is Cn1nc(C2CCCCC2)cc1[C@@H]1CN2CC[C@H]1C[C@@H]2CNS(=O)(=O)c1cccs1. The highest BCUT2D eigenvalue weighted by atomic mass is 32.2. The predicted molar refractivity (Wildman–Crippen MR) is 119 cm³/mol. The predicted octanol–water partition coefficient (Wildman–Crippen LogP) is 3.69. The van der Waals surface area contributed by atoms with E-state index >= 15 is 0 Å². The summed E-state index contributed by atoms with van der Waals surface area (Å²) in [6, 6.07) is 6.13. The van der Waals surface area contributed by atoms with Crippen molar-refractivity contribution in [3.63, 3.8) is 0 Å². The summed E-state index contributed by atoms with van der Waals surface area (Å²) >= 11 is 1.27. The molecule has 6 rings (SSSR count). The normalized spacial score (nSPS) is 30.0. The molecule has 4 aliphatic rings. The van der Waals surface area contributed by atoms with Gasteiger partial charge in [-0.3, -0.25) is 9.58 Å². The van der Waals surface area contributed by atoms with E-state index in [9.17, 15) is 8.42 Å². The number of hydrogen-bond donors (Lipinski definition) is 1. The van der Waals surface area contributed by atoms with Crippen LogP contribution in [-0.4, -0.2) is 48.8 Å². The topological polar surface area (TPSA) is 67.2 Å². The standard InChI is InChI=1S/C22H32N4O2S2/c1-25-21(13-20(24-25)16-6-3-2-4-7-16)19-15-26-10-9-17(19)12-18(26)14-23-30(27,28)22-8-5-11-29-22/h5,8,11,13,16-19,23H,2-4,6-7,9-10,12,14-15H2,1H3/t17-,18+,19+/m0/s1. The van der Waals surface area contributed by atoms with Crippen LogP contribution in [0.25, 0.3) is 0 Å². The van der Waals surface area contributed by atoms with Gasteiger partial charge < -0.3 is 0 Å². The molecule has 3 aliphatic heterocycles.